The molecule has 1 aliphatic rings. The molecule has 0 saturated carbocycles. The van der Waals surface area contributed by atoms with Crippen LogP contribution < -0.4 is 10.9 Å². The average Bonchev–Trinajstić information content (AvgIpc) is 2.60. The van der Waals surface area contributed by atoms with Gasteiger partial charge in [0.1, 0.15) is 5.02 Å². The van der Waals surface area contributed by atoms with E-state index in [1.807, 2.05) is 18.2 Å². The number of benzene rings is 1. The Labute approximate surface area is 140 Å². The third-order valence-corrected chi connectivity index (χ3v) is 4.57. The van der Waals surface area contributed by atoms with Crippen LogP contribution in [-0.4, -0.2) is 22.9 Å². The topological polar surface area (TPSA) is 56.1 Å². The van der Waals surface area contributed by atoms with Gasteiger partial charge in [0.2, 0.25) is 0 Å². The third-order valence-electron chi connectivity index (χ3n) is 4.21. The summed E-state index contributed by atoms with van der Waals surface area (Å²) in [5, 5.41) is 7.45. The molecule has 2 unspecified atom stereocenters. The smallest absolute Gasteiger partial charge is 0.287 e. The van der Waals surface area contributed by atoms with Gasteiger partial charge in [-0.2, -0.15) is 5.10 Å². The summed E-state index contributed by atoms with van der Waals surface area (Å²) in [7, 11) is 1.58. The maximum atomic E-state index is 11.8. The van der Waals surface area contributed by atoms with Gasteiger partial charge in [0.05, 0.1) is 18.0 Å². The molecule has 0 amide bonds. The van der Waals surface area contributed by atoms with Gasteiger partial charge in [0.15, 0.2) is 0 Å². The molecule has 2 aromatic rings. The van der Waals surface area contributed by atoms with E-state index >= 15 is 0 Å². The van der Waals surface area contributed by atoms with Crippen molar-refractivity contribution in [1.29, 1.82) is 0 Å². The first kappa shape index (κ1) is 16.0. The van der Waals surface area contributed by atoms with Crippen LogP contribution >= 0.6 is 11.6 Å². The van der Waals surface area contributed by atoms with Gasteiger partial charge in [-0.1, -0.05) is 41.9 Å². The molecule has 0 bridgehead atoms. The van der Waals surface area contributed by atoms with Crippen molar-refractivity contribution in [2.24, 2.45) is 13.0 Å². The van der Waals surface area contributed by atoms with Gasteiger partial charge < -0.3 is 10.1 Å². The molecule has 0 spiro atoms. The van der Waals surface area contributed by atoms with E-state index in [0.29, 0.717) is 18.2 Å². The molecule has 2 atom stereocenters. The van der Waals surface area contributed by atoms with Gasteiger partial charge >= 0.3 is 0 Å². The summed E-state index contributed by atoms with van der Waals surface area (Å²) in [5.41, 5.74) is 1.47. The highest BCUT2D eigenvalue weighted by molar-refractivity contribution is 6.32. The molecule has 1 aromatic heterocycles. The minimum Gasteiger partial charge on any atom is -0.382 e. The summed E-state index contributed by atoms with van der Waals surface area (Å²) in [6.07, 6.45) is 3.77. The monoisotopic (exact) mass is 333 g/mol. The highest BCUT2D eigenvalue weighted by atomic mass is 35.5. The van der Waals surface area contributed by atoms with Gasteiger partial charge in [-0.15, -0.1) is 0 Å². The van der Waals surface area contributed by atoms with Crippen LogP contribution in [0.3, 0.4) is 0 Å². The van der Waals surface area contributed by atoms with Crippen LogP contribution in [0.4, 0.5) is 5.69 Å². The number of aromatic nitrogens is 2. The molecule has 2 heterocycles. The van der Waals surface area contributed by atoms with Crippen molar-refractivity contribution in [3.8, 4) is 0 Å². The highest BCUT2D eigenvalue weighted by Crippen LogP contribution is 2.33. The predicted octanol–water partition coefficient (Wildman–Crippen LogP) is 3.01. The number of halogens is 1. The van der Waals surface area contributed by atoms with E-state index in [9.17, 15) is 4.79 Å². The molecule has 1 saturated heterocycles. The van der Waals surface area contributed by atoms with Gasteiger partial charge in [0, 0.05) is 26.1 Å². The number of ether oxygens (including phenoxy) is 1. The van der Waals surface area contributed by atoms with E-state index in [2.05, 4.69) is 22.5 Å². The Hall–Kier alpha value is -1.85. The normalized spacial score (nSPS) is 21.1. The van der Waals surface area contributed by atoms with E-state index < -0.39 is 0 Å². The van der Waals surface area contributed by atoms with Crippen molar-refractivity contribution in [2.75, 3.05) is 18.5 Å². The molecule has 1 N–H and O–H groups in total. The zero-order valence-electron chi connectivity index (χ0n) is 13.0. The van der Waals surface area contributed by atoms with Crippen molar-refractivity contribution in [2.45, 2.75) is 18.9 Å². The van der Waals surface area contributed by atoms with Gasteiger partial charge in [-0.25, -0.2) is 4.68 Å². The average molecular weight is 334 g/mol. The fourth-order valence-corrected chi connectivity index (χ4v) is 3.18. The summed E-state index contributed by atoms with van der Waals surface area (Å²) in [6, 6.07) is 10.2. The quantitative estimate of drug-likeness (QED) is 0.934. The molecule has 0 radical (unpaired) electrons. The number of nitrogens with zero attached hydrogens (tertiary/aromatic N) is 2. The second-order valence-corrected chi connectivity index (χ2v) is 6.16. The Morgan fingerprint density at radius 3 is 2.96 bits per heavy atom. The number of nitrogens with one attached hydrogen (secondary N) is 1. The largest absolute Gasteiger partial charge is 0.382 e. The Bertz CT molecular complexity index is 718. The van der Waals surface area contributed by atoms with Crippen molar-refractivity contribution in [1.82, 2.24) is 9.78 Å². The minimum absolute atomic E-state index is 0.0655. The van der Waals surface area contributed by atoms with Crippen LogP contribution in [0.5, 0.6) is 0 Å². The lowest BCUT2D eigenvalue weighted by molar-refractivity contribution is -0.0238. The van der Waals surface area contributed by atoms with Crippen LogP contribution in [-0.2, 0) is 11.8 Å². The fourth-order valence-electron chi connectivity index (χ4n) is 2.94. The van der Waals surface area contributed by atoms with Crippen LogP contribution in [0.25, 0.3) is 0 Å². The molecule has 6 heteroatoms. The standard InChI is InChI=1S/C17H20ClN3O2/c1-21-17(22)15(18)14(11-20-21)19-10-13-8-5-9-23-16(13)12-6-3-2-4-7-12/h2-4,6-7,11,13,16,19H,5,8-10H2,1H3. The molecule has 0 aliphatic carbocycles. The van der Waals surface area contributed by atoms with Crippen LogP contribution in [0.1, 0.15) is 24.5 Å². The van der Waals surface area contributed by atoms with E-state index in [1.165, 1.54) is 10.2 Å². The maximum absolute atomic E-state index is 11.8. The Balaban J connectivity index is 1.73. The Morgan fingerprint density at radius 2 is 2.17 bits per heavy atom. The summed E-state index contributed by atoms with van der Waals surface area (Å²) in [6.45, 7) is 1.47. The number of hydrogen-bond acceptors (Lipinski definition) is 4. The molecule has 23 heavy (non-hydrogen) atoms. The minimum atomic E-state index is -0.295. The van der Waals surface area contributed by atoms with Crippen molar-refractivity contribution >= 4 is 17.3 Å². The lowest BCUT2D eigenvalue weighted by Crippen LogP contribution is -2.29. The molecule has 1 fully saturated rings. The van der Waals surface area contributed by atoms with Crippen molar-refractivity contribution in [3.05, 3.63) is 57.5 Å². The van der Waals surface area contributed by atoms with Crippen LogP contribution in [0, 0.1) is 5.92 Å². The van der Waals surface area contributed by atoms with Gasteiger partial charge in [-0.05, 0) is 18.4 Å². The first-order valence-electron chi connectivity index (χ1n) is 7.79. The zero-order valence-corrected chi connectivity index (χ0v) is 13.8. The number of hydrogen-bond donors (Lipinski definition) is 1. The molecule has 3 rings (SSSR count). The lowest BCUT2D eigenvalue weighted by Gasteiger charge is -2.32. The lowest BCUT2D eigenvalue weighted by atomic mass is 9.89. The maximum Gasteiger partial charge on any atom is 0.287 e. The Morgan fingerprint density at radius 1 is 1.39 bits per heavy atom. The van der Waals surface area contributed by atoms with Crippen molar-refractivity contribution < 1.29 is 4.74 Å². The SMILES string of the molecule is Cn1ncc(NCC2CCCOC2c2ccccc2)c(Cl)c1=O. The second kappa shape index (κ2) is 7.15. The van der Waals surface area contributed by atoms with Gasteiger partial charge in [0.25, 0.3) is 5.56 Å². The molecular formula is C17H20ClN3O2. The number of rotatable bonds is 4. The predicted molar refractivity (Wildman–Crippen MR) is 90.8 cm³/mol. The van der Waals surface area contributed by atoms with Crippen molar-refractivity contribution in [3.63, 3.8) is 0 Å². The Kier molecular flexibility index (Phi) is 4.98. The first-order chi connectivity index (χ1) is 11.2. The number of aryl methyl sites for hydroxylation is 1. The summed E-state index contributed by atoms with van der Waals surface area (Å²) in [5.74, 6) is 0.325. The molecule has 1 aliphatic heterocycles. The summed E-state index contributed by atoms with van der Waals surface area (Å²) in [4.78, 5) is 11.8. The summed E-state index contributed by atoms with van der Waals surface area (Å²) < 4.78 is 7.21. The van der Waals surface area contributed by atoms with E-state index in [0.717, 1.165) is 19.4 Å². The van der Waals surface area contributed by atoms with Gasteiger partial charge in [-0.3, -0.25) is 4.79 Å². The second-order valence-electron chi connectivity index (χ2n) is 5.79. The van der Waals surface area contributed by atoms with E-state index in [4.69, 9.17) is 16.3 Å². The van der Waals surface area contributed by atoms with Crippen LogP contribution in [0.2, 0.25) is 5.02 Å². The molecule has 1 aromatic carbocycles. The molecule has 122 valence electrons. The summed E-state index contributed by atoms with van der Waals surface area (Å²) >= 11 is 6.10. The first-order valence-corrected chi connectivity index (χ1v) is 8.17. The molecular weight excluding hydrogens is 314 g/mol. The van der Waals surface area contributed by atoms with Crippen LogP contribution in [0.15, 0.2) is 41.3 Å². The number of anilines is 1. The highest BCUT2D eigenvalue weighted by Gasteiger charge is 2.27. The molecule has 5 nitrogen and oxygen atoms in total. The fraction of sp³-hybridized carbons (Fsp3) is 0.412. The zero-order chi connectivity index (χ0) is 16.2. The van der Waals surface area contributed by atoms with E-state index in [1.54, 1.807) is 13.2 Å². The van der Waals surface area contributed by atoms with E-state index in [-0.39, 0.29) is 16.7 Å². The third kappa shape index (κ3) is 3.57.